The van der Waals surface area contributed by atoms with Gasteiger partial charge in [0.05, 0.1) is 13.7 Å². The average molecular weight is 429 g/mol. The number of ether oxygens (including phenoxy) is 2. The summed E-state index contributed by atoms with van der Waals surface area (Å²) >= 11 is 0. The highest BCUT2D eigenvalue weighted by atomic mass is 16.5. The third-order valence-electron chi connectivity index (χ3n) is 2.49. The Hall–Kier alpha value is -3.20. The number of nitrogens with one attached hydrogen (secondary N) is 1. The number of rotatable bonds is 8. The Morgan fingerprint density at radius 1 is 1.03 bits per heavy atom. The number of primary amides is 1. The minimum atomic E-state index is -0.435. The van der Waals surface area contributed by atoms with Crippen molar-refractivity contribution in [3.05, 3.63) is 49.1 Å². The smallest absolute Gasteiger partial charge is 0.332 e. The van der Waals surface area contributed by atoms with Crippen molar-refractivity contribution in [2.75, 3.05) is 20.4 Å². The molecule has 0 bridgehead atoms. The molecule has 0 heterocycles. The topological polar surface area (TPSA) is 145 Å². The van der Waals surface area contributed by atoms with Crippen molar-refractivity contribution in [1.29, 1.82) is 0 Å². The van der Waals surface area contributed by atoms with Crippen LogP contribution in [0.1, 0.15) is 40.5 Å². The number of hydrogen-bond acceptors (Lipinski definition) is 7. The Morgan fingerprint density at radius 3 is 1.67 bits per heavy atom. The Morgan fingerprint density at radius 2 is 1.50 bits per heavy atom. The maximum Gasteiger partial charge on any atom is 0.332 e. The number of esters is 2. The monoisotopic (exact) mass is 428 g/mol. The molecule has 2 amide bonds. The quantitative estimate of drug-likeness (QED) is 0.232. The van der Waals surface area contributed by atoms with Crippen LogP contribution in [0, 0.1) is 0 Å². The lowest BCUT2D eigenvalue weighted by Gasteiger charge is -1.97. The van der Waals surface area contributed by atoms with Gasteiger partial charge in [-0.1, -0.05) is 39.7 Å². The molecule has 0 unspecified atom stereocenters. The number of carbonyl (C=O) groups excluding carboxylic acids is 4. The van der Waals surface area contributed by atoms with Crippen LogP contribution in [-0.2, 0) is 28.7 Å². The number of aliphatic hydroxyl groups excluding tert-OH is 1. The van der Waals surface area contributed by atoms with E-state index in [1.807, 2.05) is 6.92 Å². The third-order valence-corrected chi connectivity index (χ3v) is 2.49. The average Bonchev–Trinajstić information content (AvgIpc) is 2.68. The summed E-state index contributed by atoms with van der Waals surface area (Å²) in [6.07, 6.45) is 3.15. The van der Waals surface area contributed by atoms with E-state index in [2.05, 4.69) is 41.1 Å². The van der Waals surface area contributed by atoms with Crippen molar-refractivity contribution < 1.29 is 33.8 Å². The van der Waals surface area contributed by atoms with Crippen LogP contribution in [0.2, 0.25) is 0 Å². The van der Waals surface area contributed by atoms with E-state index in [1.165, 1.54) is 13.2 Å². The Kier molecular flexibility index (Phi) is 27.3. The number of carbonyl (C=O) groups is 4. The molecule has 9 heteroatoms. The fourth-order valence-corrected chi connectivity index (χ4v) is 0.773. The van der Waals surface area contributed by atoms with E-state index in [0.29, 0.717) is 23.3 Å². The number of methoxy groups -OCH3 is 1. The Bertz CT molecular complexity index is 584. The zero-order valence-corrected chi connectivity index (χ0v) is 18.7. The summed E-state index contributed by atoms with van der Waals surface area (Å²) in [6, 6.07) is 0. The Labute approximate surface area is 179 Å². The molecule has 4 N–H and O–H groups in total. The van der Waals surface area contributed by atoms with Crippen LogP contribution in [0.3, 0.4) is 0 Å². The first-order valence-corrected chi connectivity index (χ1v) is 8.84. The van der Waals surface area contributed by atoms with Crippen LogP contribution in [-0.4, -0.2) is 49.3 Å². The maximum atomic E-state index is 10.4. The molecule has 0 aliphatic rings. The zero-order valence-electron chi connectivity index (χ0n) is 18.7. The second-order valence-electron chi connectivity index (χ2n) is 5.59. The Balaban J connectivity index is -0.000000152. The molecule has 0 aliphatic carbocycles. The van der Waals surface area contributed by atoms with E-state index in [1.54, 1.807) is 20.8 Å². The summed E-state index contributed by atoms with van der Waals surface area (Å²) in [7, 11) is 1.33. The van der Waals surface area contributed by atoms with Gasteiger partial charge in [0.2, 0.25) is 11.8 Å². The fourth-order valence-electron chi connectivity index (χ4n) is 0.773. The molecular weight excluding hydrogens is 392 g/mol. The van der Waals surface area contributed by atoms with Gasteiger partial charge in [-0.05, 0) is 27.2 Å². The molecule has 0 radical (unpaired) electrons. The summed E-state index contributed by atoms with van der Waals surface area (Å²) in [5.41, 5.74) is 5.93. The van der Waals surface area contributed by atoms with Gasteiger partial charge in [-0.3, -0.25) is 9.59 Å². The third kappa shape index (κ3) is 32.5. The first-order valence-electron chi connectivity index (χ1n) is 8.84. The van der Waals surface area contributed by atoms with Gasteiger partial charge in [0.15, 0.2) is 0 Å². The predicted molar refractivity (Wildman–Crippen MR) is 117 cm³/mol. The minimum absolute atomic E-state index is 0.312. The van der Waals surface area contributed by atoms with Gasteiger partial charge >= 0.3 is 11.9 Å². The van der Waals surface area contributed by atoms with Crippen molar-refractivity contribution in [2.45, 2.75) is 40.5 Å². The normalized spacial score (nSPS) is 8.07. The van der Waals surface area contributed by atoms with Crippen molar-refractivity contribution in [1.82, 2.24) is 5.32 Å². The highest BCUT2D eigenvalue weighted by Crippen LogP contribution is 1.88. The maximum absolute atomic E-state index is 10.4. The number of unbranched alkanes of at least 4 members (excludes halogenated alkanes) is 1. The van der Waals surface area contributed by atoms with Gasteiger partial charge in [-0.2, -0.15) is 0 Å². The van der Waals surface area contributed by atoms with Crippen molar-refractivity contribution in [2.24, 2.45) is 5.73 Å². The highest BCUT2D eigenvalue weighted by molar-refractivity contribution is 5.92. The molecular formula is C21H36N2O7. The summed E-state index contributed by atoms with van der Waals surface area (Å²) < 4.78 is 8.95. The van der Waals surface area contributed by atoms with E-state index in [0.717, 1.165) is 12.8 Å². The van der Waals surface area contributed by atoms with E-state index >= 15 is 0 Å². The standard InChI is InChI=1S/C7H12O2.C5H9NO2.C5H8O2.C4H7NO/c1-3-5-6-9-7(8)4-2;1-4(2)5(8)6-3-7;1-4(2)5(6)7-3;1-3(2)4(5)6/h4H,2-3,5-6H2,1H3;7H,1,3H2,2H3,(H,6,8);1H2,2-3H3;1H2,2H3,(H2,5,6). The van der Waals surface area contributed by atoms with Crippen molar-refractivity contribution >= 4 is 23.8 Å². The largest absolute Gasteiger partial charge is 0.466 e. The molecule has 0 atom stereocenters. The number of hydrogen-bond donors (Lipinski definition) is 3. The first kappa shape index (κ1) is 34.3. The second kappa shape index (κ2) is 23.8. The van der Waals surface area contributed by atoms with E-state index in [-0.39, 0.29) is 24.6 Å². The van der Waals surface area contributed by atoms with Crippen molar-refractivity contribution in [3.63, 3.8) is 0 Å². The number of nitrogens with two attached hydrogens (primary N) is 1. The van der Waals surface area contributed by atoms with Crippen LogP contribution >= 0.6 is 0 Å². The van der Waals surface area contributed by atoms with Gasteiger partial charge in [0.1, 0.15) is 6.73 Å². The van der Waals surface area contributed by atoms with E-state index < -0.39 is 5.91 Å². The van der Waals surface area contributed by atoms with Crippen LogP contribution in [0.25, 0.3) is 0 Å². The molecule has 0 saturated carbocycles. The molecule has 0 aromatic rings. The molecule has 0 aromatic heterocycles. The number of aliphatic hydroxyl groups is 1. The van der Waals surface area contributed by atoms with Crippen LogP contribution < -0.4 is 11.1 Å². The SMILES string of the molecule is C=C(C)C(=O)NCO.C=C(C)C(=O)OC.C=C(C)C(N)=O.C=CC(=O)OCCCC. The summed E-state index contributed by atoms with van der Waals surface area (Å²) in [6.45, 7) is 20.2. The summed E-state index contributed by atoms with van der Waals surface area (Å²) in [5, 5.41) is 10.3. The van der Waals surface area contributed by atoms with Gasteiger partial charge in [0, 0.05) is 22.8 Å². The second-order valence-corrected chi connectivity index (χ2v) is 5.59. The number of amides is 2. The molecule has 0 saturated heterocycles. The summed E-state index contributed by atoms with van der Waals surface area (Å²) in [4.78, 5) is 40.7. The van der Waals surface area contributed by atoms with E-state index in [9.17, 15) is 19.2 Å². The lowest BCUT2D eigenvalue weighted by Crippen LogP contribution is -2.24. The van der Waals surface area contributed by atoms with Gasteiger partial charge in [-0.25, -0.2) is 9.59 Å². The molecule has 9 nitrogen and oxygen atoms in total. The van der Waals surface area contributed by atoms with Crippen LogP contribution in [0.15, 0.2) is 49.1 Å². The molecule has 172 valence electrons. The fraction of sp³-hybridized carbons (Fsp3) is 0.429. The molecule has 0 rings (SSSR count). The molecule has 0 spiro atoms. The summed E-state index contributed by atoms with van der Waals surface area (Å²) in [5.74, 6) is -1.43. The van der Waals surface area contributed by atoms with Crippen LogP contribution in [0.5, 0.6) is 0 Å². The zero-order chi connectivity index (χ0) is 24.7. The first-order chi connectivity index (χ1) is 13.8. The van der Waals surface area contributed by atoms with Gasteiger partial charge in [-0.15, -0.1) is 0 Å². The molecule has 30 heavy (non-hydrogen) atoms. The predicted octanol–water partition coefficient (Wildman–Crippen LogP) is 1.93. The highest BCUT2D eigenvalue weighted by Gasteiger charge is 1.96. The molecule has 0 aromatic carbocycles. The lowest BCUT2D eigenvalue weighted by atomic mass is 10.3. The molecule has 0 fully saturated rings. The van der Waals surface area contributed by atoms with Gasteiger partial charge < -0.3 is 25.6 Å². The minimum Gasteiger partial charge on any atom is -0.466 e. The van der Waals surface area contributed by atoms with Crippen molar-refractivity contribution in [3.8, 4) is 0 Å². The van der Waals surface area contributed by atoms with Crippen LogP contribution in [0.4, 0.5) is 0 Å². The lowest BCUT2D eigenvalue weighted by molar-refractivity contribution is -0.138. The van der Waals surface area contributed by atoms with E-state index in [4.69, 9.17) is 10.8 Å². The molecule has 0 aliphatic heterocycles. The van der Waals surface area contributed by atoms with Gasteiger partial charge in [0.25, 0.3) is 0 Å².